The van der Waals surface area contributed by atoms with Gasteiger partial charge in [0.1, 0.15) is 18.2 Å². The Morgan fingerprint density at radius 3 is 2.52 bits per heavy atom. The number of hydrogen-bond donors (Lipinski definition) is 1. The molecule has 4 rings (SSSR count). The number of aromatic nitrogens is 3. The van der Waals surface area contributed by atoms with Crippen molar-refractivity contribution in [2.75, 3.05) is 5.32 Å². The summed E-state index contributed by atoms with van der Waals surface area (Å²) < 4.78 is 14.9. The highest BCUT2D eigenvalue weighted by Crippen LogP contribution is 2.32. The number of nitrogens with zero attached hydrogens (tertiary/aromatic N) is 3. The molecule has 23 heavy (non-hydrogen) atoms. The fourth-order valence-electron chi connectivity index (χ4n) is 2.63. The Balaban J connectivity index is 1.79. The van der Waals surface area contributed by atoms with Crippen LogP contribution in [-0.4, -0.2) is 14.8 Å². The summed E-state index contributed by atoms with van der Waals surface area (Å²) in [5.74, 6) is 0.384. The van der Waals surface area contributed by atoms with Crippen molar-refractivity contribution in [2.45, 2.75) is 6.04 Å². The summed E-state index contributed by atoms with van der Waals surface area (Å²) in [4.78, 5) is 4.24. The van der Waals surface area contributed by atoms with E-state index in [0.29, 0.717) is 11.0 Å². The molecule has 114 valence electrons. The Kier molecular flexibility index (Phi) is 3.35. The van der Waals surface area contributed by atoms with Gasteiger partial charge in [0.15, 0.2) is 0 Å². The van der Waals surface area contributed by atoms with Crippen molar-refractivity contribution in [2.24, 2.45) is 0 Å². The number of rotatable bonds is 2. The molecule has 3 aromatic rings. The number of anilines is 1. The molecule has 1 aromatic heterocycles. The largest absolute Gasteiger partial charge is 0.324 e. The van der Waals surface area contributed by atoms with Crippen molar-refractivity contribution in [1.82, 2.24) is 14.8 Å². The van der Waals surface area contributed by atoms with Gasteiger partial charge in [-0.25, -0.2) is 9.07 Å². The van der Waals surface area contributed by atoms with Crippen LogP contribution >= 0.6 is 11.6 Å². The minimum absolute atomic E-state index is 0.105. The first kappa shape index (κ1) is 14.0. The molecule has 2 aromatic carbocycles. The van der Waals surface area contributed by atoms with Gasteiger partial charge in [0.05, 0.1) is 0 Å². The summed E-state index contributed by atoms with van der Waals surface area (Å²) >= 11 is 5.97. The lowest BCUT2D eigenvalue weighted by molar-refractivity contribution is 0.611. The maximum Gasteiger partial charge on any atom is 0.226 e. The highest BCUT2D eigenvalue weighted by atomic mass is 35.5. The second-order valence-corrected chi connectivity index (χ2v) is 5.67. The van der Waals surface area contributed by atoms with E-state index in [9.17, 15) is 4.39 Å². The van der Waals surface area contributed by atoms with Gasteiger partial charge in [0, 0.05) is 10.7 Å². The lowest BCUT2D eigenvalue weighted by Crippen LogP contribution is -2.20. The van der Waals surface area contributed by atoms with E-state index in [1.807, 2.05) is 30.3 Å². The Morgan fingerprint density at radius 2 is 1.78 bits per heavy atom. The number of benzene rings is 2. The Labute approximate surface area is 137 Å². The van der Waals surface area contributed by atoms with Crippen LogP contribution < -0.4 is 5.32 Å². The highest BCUT2D eigenvalue weighted by Gasteiger charge is 2.23. The molecule has 1 atom stereocenters. The lowest BCUT2D eigenvalue weighted by atomic mass is 10.0. The van der Waals surface area contributed by atoms with Gasteiger partial charge in [-0.05, 0) is 53.6 Å². The highest BCUT2D eigenvalue weighted by molar-refractivity contribution is 6.30. The summed E-state index contributed by atoms with van der Waals surface area (Å²) in [5.41, 5.74) is 2.80. The molecule has 4 nitrogen and oxygen atoms in total. The van der Waals surface area contributed by atoms with E-state index in [1.54, 1.807) is 16.8 Å². The van der Waals surface area contributed by atoms with E-state index in [-0.39, 0.29) is 11.9 Å². The molecule has 0 saturated heterocycles. The normalized spacial score (nSPS) is 16.4. The topological polar surface area (TPSA) is 42.7 Å². The smallest absolute Gasteiger partial charge is 0.226 e. The zero-order valence-corrected chi connectivity index (χ0v) is 12.7. The molecule has 0 aliphatic carbocycles. The van der Waals surface area contributed by atoms with E-state index in [4.69, 9.17) is 11.6 Å². The zero-order chi connectivity index (χ0) is 15.8. The van der Waals surface area contributed by atoms with Crippen LogP contribution in [0.1, 0.15) is 17.2 Å². The molecular weight excluding hydrogens is 315 g/mol. The minimum atomic E-state index is -0.262. The third-order valence-electron chi connectivity index (χ3n) is 3.77. The van der Waals surface area contributed by atoms with E-state index in [2.05, 4.69) is 15.4 Å². The molecule has 1 N–H and O–H groups in total. The summed E-state index contributed by atoms with van der Waals surface area (Å²) in [6.07, 6.45) is 3.55. The number of nitrogens with one attached hydrogen (secondary N) is 1. The van der Waals surface area contributed by atoms with Gasteiger partial charge in [0.2, 0.25) is 5.95 Å². The fourth-order valence-corrected chi connectivity index (χ4v) is 2.75. The average molecular weight is 327 g/mol. The third-order valence-corrected chi connectivity index (χ3v) is 4.03. The van der Waals surface area contributed by atoms with Crippen molar-refractivity contribution >= 4 is 23.2 Å². The van der Waals surface area contributed by atoms with Crippen LogP contribution in [0, 0.1) is 5.82 Å². The first-order chi connectivity index (χ1) is 11.2. The molecule has 0 saturated carbocycles. The van der Waals surface area contributed by atoms with Gasteiger partial charge in [-0.15, -0.1) is 0 Å². The van der Waals surface area contributed by atoms with E-state index >= 15 is 0 Å². The van der Waals surface area contributed by atoms with Gasteiger partial charge in [-0.1, -0.05) is 23.7 Å². The molecule has 1 aliphatic rings. The SMILES string of the molecule is Fc1ccc(C2=C[C@H](c3ccc(Cl)cc3)n3ncnc3N2)cc1. The van der Waals surface area contributed by atoms with Crippen LogP contribution in [0.25, 0.3) is 5.70 Å². The molecule has 1 aliphatic heterocycles. The molecule has 2 heterocycles. The predicted octanol–water partition coefficient (Wildman–Crippen LogP) is 4.13. The van der Waals surface area contributed by atoms with Crippen molar-refractivity contribution in [3.8, 4) is 0 Å². The summed E-state index contributed by atoms with van der Waals surface area (Å²) in [5, 5.41) is 8.19. The number of allylic oxidation sites excluding steroid dienone is 1. The molecule has 0 unspecified atom stereocenters. The van der Waals surface area contributed by atoms with Crippen molar-refractivity contribution in [3.63, 3.8) is 0 Å². The van der Waals surface area contributed by atoms with Crippen LogP contribution in [0.3, 0.4) is 0 Å². The van der Waals surface area contributed by atoms with Gasteiger partial charge in [0.25, 0.3) is 0 Å². The molecule has 0 fully saturated rings. The van der Waals surface area contributed by atoms with Crippen LogP contribution in [0.15, 0.2) is 60.9 Å². The van der Waals surface area contributed by atoms with Gasteiger partial charge < -0.3 is 5.32 Å². The van der Waals surface area contributed by atoms with Gasteiger partial charge in [-0.3, -0.25) is 0 Å². The maximum absolute atomic E-state index is 13.1. The summed E-state index contributed by atoms with van der Waals surface area (Å²) in [7, 11) is 0. The van der Waals surface area contributed by atoms with Crippen molar-refractivity contribution < 1.29 is 4.39 Å². The number of hydrogen-bond acceptors (Lipinski definition) is 3. The molecule has 0 bridgehead atoms. The van der Waals surface area contributed by atoms with E-state index in [0.717, 1.165) is 16.8 Å². The van der Waals surface area contributed by atoms with Crippen molar-refractivity contribution in [3.05, 3.63) is 82.9 Å². The first-order valence-corrected chi connectivity index (χ1v) is 7.48. The Morgan fingerprint density at radius 1 is 1.04 bits per heavy atom. The van der Waals surface area contributed by atoms with Crippen molar-refractivity contribution in [1.29, 1.82) is 0 Å². The zero-order valence-electron chi connectivity index (χ0n) is 11.9. The Bertz CT molecular complexity index is 868. The van der Waals surface area contributed by atoms with Crippen LogP contribution in [-0.2, 0) is 0 Å². The standard InChI is InChI=1S/C17H12ClFN4/c18-13-5-1-12(2-6-13)16-9-15(11-3-7-14(19)8-4-11)22-17-20-10-21-23(16)17/h1-10,16H,(H,20,21,22)/t16-/m1/s1. The van der Waals surface area contributed by atoms with Crippen LogP contribution in [0.2, 0.25) is 5.02 Å². The fraction of sp³-hybridized carbons (Fsp3) is 0.0588. The lowest BCUT2D eigenvalue weighted by Gasteiger charge is -2.24. The average Bonchev–Trinajstić information content (AvgIpc) is 3.04. The van der Waals surface area contributed by atoms with Gasteiger partial charge >= 0.3 is 0 Å². The quantitative estimate of drug-likeness (QED) is 0.770. The number of halogens is 2. The molecular formula is C17H12ClFN4. The second kappa shape index (κ2) is 5.52. The minimum Gasteiger partial charge on any atom is -0.324 e. The first-order valence-electron chi connectivity index (χ1n) is 7.10. The van der Waals surface area contributed by atoms with Gasteiger partial charge in [-0.2, -0.15) is 10.1 Å². The molecule has 6 heteroatoms. The second-order valence-electron chi connectivity index (χ2n) is 5.24. The van der Waals surface area contributed by atoms with Crippen LogP contribution in [0.5, 0.6) is 0 Å². The molecule has 0 spiro atoms. The van der Waals surface area contributed by atoms with E-state index in [1.165, 1.54) is 18.5 Å². The molecule has 0 amide bonds. The van der Waals surface area contributed by atoms with Crippen LogP contribution in [0.4, 0.5) is 10.3 Å². The summed E-state index contributed by atoms with van der Waals surface area (Å²) in [6, 6.07) is 13.9. The van der Waals surface area contributed by atoms with E-state index < -0.39 is 0 Å². The Hall–Kier alpha value is -2.66. The summed E-state index contributed by atoms with van der Waals surface area (Å²) in [6.45, 7) is 0. The number of fused-ring (bicyclic) bond motifs is 1. The maximum atomic E-state index is 13.1. The monoisotopic (exact) mass is 326 g/mol. The molecule has 0 radical (unpaired) electrons. The third kappa shape index (κ3) is 2.59. The predicted molar refractivity (Wildman–Crippen MR) is 87.6 cm³/mol.